The quantitative estimate of drug-likeness (QED) is 0.363. The number of hydrogen-bond donors (Lipinski definition) is 3. The van der Waals surface area contributed by atoms with Gasteiger partial charge in [0.2, 0.25) is 0 Å². The van der Waals surface area contributed by atoms with E-state index in [0.29, 0.717) is 18.6 Å². The third kappa shape index (κ3) is 3.72. The van der Waals surface area contributed by atoms with Crippen molar-refractivity contribution in [3.63, 3.8) is 0 Å². The van der Waals surface area contributed by atoms with Gasteiger partial charge < -0.3 is 19.5 Å². The highest BCUT2D eigenvalue weighted by atomic mass is 19.1. The van der Waals surface area contributed by atoms with Crippen LogP contribution in [0.1, 0.15) is 55.8 Å². The SMILES string of the molecule is COCC(C)(C)c1c([C@@H]2CC[C@@](O)(C(=O)O)C2)c2cc3[nH]ncc3cc2n1-c1ccc(F)c(C)c1. The zero-order chi connectivity index (χ0) is 25.1. The van der Waals surface area contributed by atoms with Crippen LogP contribution in [0, 0.1) is 12.7 Å². The molecule has 4 aromatic rings. The number of carboxylic acids is 1. The van der Waals surface area contributed by atoms with Crippen molar-refractivity contribution in [2.24, 2.45) is 0 Å². The number of aliphatic carboxylic acids is 1. The number of methoxy groups -OCH3 is 1. The van der Waals surface area contributed by atoms with Crippen molar-refractivity contribution in [1.29, 1.82) is 0 Å². The molecule has 0 amide bonds. The maximum Gasteiger partial charge on any atom is 0.335 e. The lowest BCUT2D eigenvalue weighted by atomic mass is 9.81. The molecule has 8 heteroatoms. The zero-order valence-corrected chi connectivity index (χ0v) is 20.4. The van der Waals surface area contributed by atoms with E-state index in [-0.39, 0.29) is 24.6 Å². The van der Waals surface area contributed by atoms with E-state index >= 15 is 0 Å². The molecule has 2 aromatic carbocycles. The molecule has 0 saturated heterocycles. The van der Waals surface area contributed by atoms with Crippen LogP contribution in [0.3, 0.4) is 0 Å². The molecule has 5 rings (SSSR count). The van der Waals surface area contributed by atoms with Gasteiger partial charge in [-0.05, 0) is 73.6 Å². The minimum Gasteiger partial charge on any atom is -0.479 e. The van der Waals surface area contributed by atoms with E-state index in [0.717, 1.165) is 38.8 Å². The van der Waals surface area contributed by atoms with Crippen LogP contribution in [0.2, 0.25) is 0 Å². The van der Waals surface area contributed by atoms with Gasteiger partial charge in [-0.15, -0.1) is 0 Å². The number of nitrogens with one attached hydrogen (secondary N) is 1. The molecular formula is C27H30FN3O4. The standard InChI is InChI=1S/C27H30FN3O4/c1-15-9-18(5-6-20(15)28)31-22-10-17-13-29-30-21(17)11-19(22)23(24(31)26(2,3)14-35-4)16-7-8-27(34,12-16)25(32)33/h5-6,9-11,13,16,34H,7-8,12,14H2,1-4H3,(H,29,30)(H,32,33)/t16-,27+/m1/s1. The van der Waals surface area contributed by atoms with E-state index < -0.39 is 17.0 Å². The van der Waals surface area contributed by atoms with Crippen LogP contribution in [-0.4, -0.2) is 50.3 Å². The summed E-state index contributed by atoms with van der Waals surface area (Å²) in [5.41, 5.74) is 2.88. The number of benzene rings is 2. The number of aliphatic hydroxyl groups is 1. The molecule has 1 aliphatic rings. The molecule has 2 heterocycles. The first kappa shape index (κ1) is 23.5. The second-order valence-corrected chi connectivity index (χ2v) is 10.5. The maximum atomic E-state index is 14.2. The second kappa shape index (κ2) is 8.17. The summed E-state index contributed by atoms with van der Waals surface area (Å²) < 4.78 is 22.0. The molecule has 3 N–H and O–H groups in total. The van der Waals surface area contributed by atoms with Gasteiger partial charge in [-0.3, -0.25) is 5.10 Å². The predicted molar refractivity (Wildman–Crippen MR) is 132 cm³/mol. The van der Waals surface area contributed by atoms with Gasteiger partial charge in [0.15, 0.2) is 5.60 Å². The lowest BCUT2D eigenvalue weighted by Crippen LogP contribution is -2.35. The first-order valence-electron chi connectivity index (χ1n) is 11.8. The molecule has 2 atom stereocenters. The van der Waals surface area contributed by atoms with Gasteiger partial charge in [-0.1, -0.05) is 13.8 Å². The molecule has 2 aromatic heterocycles. The summed E-state index contributed by atoms with van der Waals surface area (Å²) in [7, 11) is 1.66. The molecule has 0 bridgehead atoms. The highest BCUT2D eigenvalue weighted by molar-refractivity contribution is 5.99. The largest absolute Gasteiger partial charge is 0.479 e. The van der Waals surface area contributed by atoms with E-state index in [1.807, 2.05) is 12.1 Å². The highest BCUT2D eigenvalue weighted by Crippen LogP contribution is 2.49. The second-order valence-electron chi connectivity index (χ2n) is 10.5. The van der Waals surface area contributed by atoms with E-state index in [1.54, 1.807) is 26.3 Å². The molecule has 1 aliphatic carbocycles. The van der Waals surface area contributed by atoms with E-state index in [4.69, 9.17) is 4.74 Å². The van der Waals surface area contributed by atoms with E-state index in [9.17, 15) is 19.4 Å². The highest BCUT2D eigenvalue weighted by Gasteiger charge is 2.47. The average Bonchev–Trinajstić information content (AvgIpc) is 3.50. The van der Waals surface area contributed by atoms with Crippen LogP contribution in [0.4, 0.5) is 4.39 Å². The number of carbonyl (C=O) groups is 1. The third-order valence-corrected chi connectivity index (χ3v) is 7.41. The van der Waals surface area contributed by atoms with Crippen LogP contribution >= 0.6 is 0 Å². The Morgan fingerprint density at radius 3 is 2.77 bits per heavy atom. The summed E-state index contributed by atoms with van der Waals surface area (Å²) in [6, 6.07) is 9.16. The Labute approximate surface area is 202 Å². The Kier molecular flexibility index (Phi) is 5.49. The van der Waals surface area contributed by atoms with Crippen molar-refractivity contribution < 1.29 is 24.1 Å². The van der Waals surface area contributed by atoms with Gasteiger partial charge >= 0.3 is 5.97 Å². The van der Waals surface area contributed by atoms with Crippen molar-refractivity contribution in [2.75, 3.05) is 13.7 Å². The van der Waals surface area contributed by atoms with Crippen molar-refractivity contribution >= 4 is 27.8 Å². The maximum absolute atomic E-state index is 14.2. The number of fused-ring (bicyclic) bond motifs is 2. The number of nitrogens with zero attached hydrogens (tertiary/aromatic N) is 2. The number of ether oxygens (including phenoxy) is 1. The number of halogens is 1. The van der Waals surface area contributed by atoms with Crippen molar-refractivity contribution in [1.82, 2.24) is 14.8 Å². The average molecular weight is 480 g/mol. The topological polar surface area (TPSA) is 100 Å². The molecule has 0 spiro atoms. The summed E-state index contributed by atoms with van der Waals surface area (Å²) >= 11 is 0. The number of rotatable bonds is 6. The lowest BCUT2D eigenvalue weighted by Gasteiger charge is -2.30. The Hall–Kier alpha value is -3.23. The van der Waals surface area contributed by atoms with Crippen molar-refractivity contribution in [3.8, 4) is 5.69 Å². The summed E-state index contributed by atoms with van der Waals surface area (Å²) in [6.45, 7) is 6.34. The van der Waals surface area contributed by atoms with Gasteiger partial charge in [-0.2, -0.15) is 5.10 Å². The summed E-state index contributed by atoms with van der Waals surface area (Å²) in [5.74, 6) is -1.64. The fourth-order valence-corrected chi connectivity index (χ4v) is 5.76. The minimum absolute atomic E-state index is 0.126. The number of hydrogen-bond acceptors (Lipinski definition) is 4. The number of aryl methyl sites for hydroxylation is 1. The van der Waals surface area contributed by atoms with Crippen LogP contribution < -0.4 is 0 Å². The third-order valence-electron chi connectivity index (χ3n) is 7.41. The smallest absolute Gasteiger partial charge is 0.335 e. The molecular weight excluding hydrogens is 449 g/mol. The zero-order valence-electron chi connectivity index (χ0n) is 20.4. The molecule has 7 nitrogen and oxygen atoms in total. The fraction of sp³-hybridized carbons (Fsp3) is 0.407. The van der Waals surface area contributed by atoms with Gasteiger partial charge in [0.25, 0.3) is 0 Å². The van der Waals surface area contributed by atoms with Gasteiger partial charge in [0.05, 0.1) is 23.8 Å². The van der Waals surface area contributed by atoms with Crippen LogP contribution in [0.15, 0.2) is 36.5 Å². The van der Waals surface area contributed by atoms with Gasteiger partial charge in [0, 0.05) is 34.7 Å². The van der Waals surface area contributed by atoms with E-state index in [1.165, 1.54) is 6.07 Å². The molecule has 35 heavy (non-hydrogen) atoms. The molecule has 0 unspecified atom stereocenters. The molecule has 184 valence electrons. The van der Waals surface area contributed by atoms with Gasteiger partial charge in [-0.25, -0.2) is 9.18 Å². The summed E-state index contributed by atoms with van der Waals surface area (Å²) in [4.78, 5) is 11.9. The van der Waals surface area contributed by atoms with Crippen LogP contribution in [0.5, 0.6) is 0 Å². The number of aromatic nitrogens is 3. The van der Waals surface area contributed by atoms with Crippen LogP contribution in [0.25, 0.3) is 27.5 Å². The Bertz CT molecular complexity index is 1450. The summed E-state index contributed by atoms with van der Waals surface area (Å²) in [6.07, 6.45) is 2.62. The Morgan fingerprint density at radius 1 is 1.34 bits per heavy atom. The first-order chi connectivity index (χ1) is 16.6. The molecule has 1 fully saturated rings. The lowest BCUT2D eigenvalue weighted by molar-refractivity contribution is -0.157. The Balaban J connectivity index is 1.88. The number of H-pyrrole nitrogens is 1. The van der Waals surface area contributed by atoms with Crippen LogP contribution in [-0.2, 0) is 14.9 Å². The molecule has 0 aliphatic heterocycles. The normalized spacial score (nSPS) is 20.8. The van der Waals surface area contributed by atoms with Crippen molar-refractivity contribution in [3.05, 3.63) is 59.2 Å². The number of carboxylic acid groups (broad SMARTS) is 1. The first-order valence-corrected chi connectivity index (χ1v) is 11.8. The Morgan fingerprint density at radius 2 is 2.11 bits per heavy atom. The minimum atomic E-state index is -1.76. The molecule has 1 saturated carbocycles. The molecule has 0 radical (unpaired) electrons. The monoisotopic (exact) mass is 479 g/mol. The predicted octanol–water partition coefficient (Wildman–Crippen LogP) is 4.96. The summed E-state index contributed by atoms with van der Waals surface area (Å²) in [5, 5.41) is 29.6. The fourth-order valence-electron chi connectivity index (χ4n) is 5.76. The number of aromatic amines is 1. The van der Waals surface area contributed by atoms with Gasteiger partial charge in [0.1, 0.15) is 5.82 Å². The van der Waals surface area contributed by atoms with E-state index in [2.05, 4.69) is 34.7 Å². The van der Waals surface area contributed by atoms with Crippen molar-refractivity contribution in [2.45, 2.75) is 57.0 Å².